The van der Waals surface area contributed by atoms with E-state index in [0.29, 0.717) is 6.42 Å². The smallest absolute Gasteiger partial charge is 0.407 e. The van der Waals surface area contributed by atoms with Crippen molar-refractivity contribution in [3.05, 3.63) is 71.8 Å². The second kappa shape index (κ2) is 10.2. The maximum atomic E-state index is 12.2. The van der Waals surface area contributed by atoms with E-state index in [0.717, 1.165) is 11.1 Å². The van der Waals surface area contributed by atoms with Gasteiger partial charge in [0.25, 0.3) is 0 Å². The summed E-state index contributed by atoms with van der Waals surface area (Å²) in [4.78, 5) is 24.2. The number of esters is 1. The highest BCUT2D eigenvalue weighted by Gasteiger charge is 2.30. The van der Waals surface area contributed by atoms with Crippen molar-refractivity contribution < 1.29 is 24.2 Å². The van der Waals surface area contributed by atoms with Crippen molar-refractivity contribution in [2.24, 2.45) is 5.92 Å². The number of benzene rings is 2. The zero-order valence-corrected chi connectivity index (χ0v) is 14.6. The summed E-state index contributed by atoms with van der Waals surface area (Å²) in [6.45, 7) is -0.306. The Morgan fingerprint density at radius 3 is 2.12 bits per heavy atom. The van der Waals surface area contributed by atoms with E-state index < -0.39 is 30.6 Å². The Kier molecular flexibility index (Phi) is 7.64. The third-order valence-corrected chi connectivity index (χ3v) is 4.00. The first-order chi connectivity index (χ1) is 12.6. The zero-order chi connectivity index (χ0) is 18.8. The second-order valence-electron chi connectivity index (χ2n) is 5.81. The number of alkyl carbamates (subject to hydrolysis) is 1. The van der Waals surface area contributed by atoms with Crippen LogP contribution < -0.4 is 5.32 Å². The average Bonchev–Trinajstić information content (AvgIpc) is 2.70. The fraction of sp³-hybridized carbons (Fsp3) is 0.300. The first-order valence-electron chi connectivity index (χ1n) is 8.34. The van der Waals surface area contributed by atoms with Crippen molar-refractivity contribution in [2.45, 2.75) is 19.1 Å². The van der Waals surface area contributed by atoms with E-state index in [1.54, 1.807) is 0 Å². The quantitative estimate of drug-likeness (QED) is 0.708. The summed E-state index contributed by atoms with van der Waals surface area (Å²) in [5, 5.41) is 12.2. The molecule has 6 heteroatoms. The lowest BCUT2D eigenvalue weighted by Crippen LogP contribution is -2.47. The molecule has 0 spiro atoms. The molecule has 0 saturated heterocycles. The molecular formula is C20H23NO5. The summed E-state index contributed by atoms with van der Waals surface area (Å²) in [7, 11) is 1.28. The molecule has 2 rings (SSSR count). The number of nitrogens with one attached hydrogen (secondary N) is 1. The molecule has 0 aliphatic rings. The van der Waals surface area contributed by atoms with Crippen LogP contribution in [0.25, 0.3) is 0 Å². The van der Waals surface area contributed by atoms with Gasteiger partial charge >= 0.3 is 12.1 Å². The monoisotopic (exact) mass is 357 g/mol. The molecule has 0 aliphatic heterocycles. The lowest BCUT2D eigenvalue weighted by Gasteiger charge is -2.24. The molecule has 26 heavy (non-hydrogen) atoms. The van der Waals surface area contributed by atoms with E-state index >= 15 is 0 Å². The van der Waals surface area contributed by atoms with Gasteiger partial charge in [0.1, 0.15) is 6.61 Å². The Morgan fingerprint density at radius 2 is 1.58 bits per heavy atom. The lowest BCUT2D eigenvalue weighted by atomic mass is 9.92. The van der Waals surface area contributed by atoms with Crippen LogP contribution in [0.2, 0.25) is 0 Å². The minimum atomic E-state index is -0.814. The predicted octanol–water partition coefficient (Wildman–Crippen LogP) is 2.31. The Bertz CT molecular complexity index is 690. The van der Waals surface area contributed by atoms with Gasteiger partial charge in [0.2, 0.25) is 0 Å². The number of hydrogen-bond donors (Lipinski definition) is 2. The van der Waals surface area contributed by atoms with Crippen LogP contribution in [-0.4, -0.2) is 36.9 Å². The number of carbonyl (C=O) groups excluding carboxylic acids is 2. The van der Waals surface area contributed by atoms with Gasteiger partial charge in [-0.15, -0.1) is 0 Å². The highest BCUT2D eigenvalue weighted by Crippen LogP contribution is 2.15. The Balaban J connectivity index is 1.99. The molecule has 2 N–H and O–H groups in total. The highest BCUT2D eigenvalue weighted by atomic mass is 16.5. The van der Waals surface area contributed by atoms with Crippen molar-refractivity contribution in [3.63, 3.8) is 0 Å². The molecule has 0 radical (unpaired) electrons. The summed E-state index contributed by atoms with van der Waals surface area (Å²) < 4.78 is 10.00. The summed E-state index contributed by atoms with van der Waals surface area (Å²) >= 11 is 0. The van der Waals surface area contributed by atoms with Gasteiger partial charge < -0.3 is 19.9 Å². The number of ether oxygens (including phenoxy) is 2. The van der Waals surface area contributed by atoms with Gasteiger partial charge in [-0.25, -0.2) is 4.79 Å². The van der Waals surface area contributed by atoms with Gasteiger partial charge in [0.15, 0.2) is 0 Å². The summed E-state index contributed by atoms with van der Waals surface area (Å²) in [5.74, 6) is -1.23. The van der Waals surface area contributed by atoms with Gasteiger partial charge in [-0.3, -0.25) is 4.79 Å². The van der Waals surface area contributed by atoms with E-state index in [1.807, 2.05) is 60.7 Å². The molecule has 2 atom stereocenters. The predicted molar refractivity (Wildman–Crippen MR) is 96.3 cm³/mol. The molecule has 0 aromatic heterocycles. The number of hydrogen-bond acceptors (Lipinski definition) is 5. The van der Waals surface area contributed by atoms with Crippen LogP contribution in [0.15, 0.2) is 60.7 Å². The normalized spacial score (nSPS) is 12.7. The minimum absolute atomic E-state index is 0.104. The van der Waals surface area contributed by atoms with Gasteiger partial charge in [0, 0.05) is 0 Å². The average molecular weight is 357 g/mol. The molecule has 0 fully saturated rings. The minimum Gasteiger partial charge on any atom is -0.469 e. The van der Waals surface area contributed by atoms with E-state index in [9.17, 15) is 14.7 Å². The van der Waals surface area contributed by atoms with Crippen molar-refractivity contribution >= 4 is 12.1 Å². The largest absolute Gasteiger partial charge is 0.469 e. The van der Waals surface area contributed by atoms with Crippen LogP contribution >= 0.6 is 0 Å². The van der Waals surface area contributed by atoms with Crippen molar-refractivity contribution in [3.8, 4) is 0 Å². The van der Waals surface area contributed by atoms with Crippen LogP contribution in [-0.2, 0) is 27.3 Å². The number of aliphatic hydroxyl groups is 1. The van der Waals surface area contributed by atoms with Gasteiger partial charge in [-0.2, -0.15) is 0 Å². The summed E-state index contributed by atoms with van der Waals surface area (Å²) in [6, 6.07) is 17.8. The maximum Gasteiger partial charge on any atom is 0.407 e. The molecule has 6 nitrogen and oxygen atoms in total. The van der Waals surface area contributed by atoms with Crippen LogP contribution in [0.4, 0.5) is 4.79 Å². The number of rotatable bonds is 8. The van der Waals surface area contributed by atoms with Crippen molar-refractivity contribution in [1.29, 1.82) is 0 Å². The molecule has 1 amide bonds. The highest BCUT2D eigenvalue weighted by molar-refractivity contribution is 5.75. The molecule has 138 valence electrons. The number of methoxy groups -OCH3 is 1. The fourth-order valence-electron chi connectivity index (χ4n) is 2.60. The van der Waals surface area contributed by atoms with E-state index in [1.165, 1.54) is 7.11 Å². The van der Waals surface area contributed by atoms with Crippen LogP contribution in [0.5, 0.6) is 0 Å². The van der Waals surface area contributed by atoms with Gasteiger partial charge in [-0.1, -0.05) is 60.7 Å². The topological polar surface area (TPSA) is 84.9 Å². The van der Waals surface area contributed by atoms with Gasteiger partial charge in [0.05, 0.1) is 25.7 Å². The van der Waals surface area contributed by atoms with Crippen LogP contribution in [0.3, 0.4) is 0 Å². The molecular weight excluding hydrogens is 334 g/mol. The summed E-state index contributed by atoms with van der Waals surface area (Å²) in [5.41, 5.74) is 1.75. The van der Waals surface area contributed by atoms with Crippen LogP contribution in [0, 0.1) is 5.92 Å². The lowest BCUT2D eigenvalue weighted by molar-refractivity contribution is -0.146. The zero-order valence-electron chi connectivity index (χ0n) is 14.6. The third-order valence-electron chi connectivity index (χ3n) is 4.00. The van der Waals surface area contributed by atoms with E-state index in [4.69, 9.17) is 9.47 Å². The molecule has 0 aliphatic carbocycles. The van der Waals surface area contributed by atoms with Crippen molar-refractivity contribution in [1.82, 2.24) is 5.32 Å². The fourth-order valence-corrected chi connectivity index (χ4v) is 2.60. The third kappa shape index (κ3) is 5.89. The molecule has 0 heterocycles. The SMILES string of the molecule is COC(=O)[C@@H](Cc1ccccc1)[C@H](CO)NC(=O)OCc1ccccc1. The molecule has 0 bridgehead atoms. The molecule has 0 unspecified atom stereocenters. The van der Waals surface area contributed by atoms with Crippen molar-refractivity contribution in [2.75, 3.05) is 13.7 Å². The Morgan fingerprint density at radius 1 is 1.00 bits per heavy atom. The van der Waals surface area contributed by atoms with Crippen LogP contribution in [0.1, 0.15) is 11.1 Å². The second-order valence-corrected chi connectivity index (χ2v) is 5.81. The number of carbonyl (C=O) groups is 2. The summed E-state index contributed by atoms with van der Waals surface area (Å²) in [6.07, 6.45) is -0.368. The van der Waals surface area contributed by atoms with Gasteiger partial charge in [-0.05, 0) is 17.5 Å². The first kappa shape index (κ1) is 19.5. The molecule has 2 aromatic rings. The Labute approximate surface area is 152 Å². The first-order valence-corrected chi connectivity index (χ1v) is 8.34. The number of aliphatic hydroxyl groups excluding tert-OH is 1. The maximum absolute atomic E-state index is 12.2. The van der Waals surface area contributed by atoms with E-state index in [-0.39, 0.29) is 6.61 Å². The standard InChI is InChI=1S/C20H23NO5/c1-25-19(23)17(12-15-8-4-2-5-9-15)18(13-22)21-20(24)26-14-16-10-6-3-7-11-16/h2-11,17-18,22H,12-14H2,1H3,(H,21,24)/t17-,18-/m0/s1. The molecule has 0 saturated carbocycles. The molecule has 2 aromatic carbocycles. The Hall–Kier alpha value is -2.86. The number of amides is 1. The van der Waals surface area contributed by atoms with E-state index in [2.05, 4.69) is 5.32 Å².